The zero-order chi connectivity index (χ0) is 17.8. The molecule has 2 aromatic carbocycles. The number of hydrogen-bond donors (Lipinski definition) is 0. The first-order chi connectivity index (χ1) is 12.1. The van der Waals surface area contributed by atoms with Crippen molar-refractivity contribution in [2.45, 2.75) is 13.5 Å². The first-order valence-corrected chi connectivity index (χ1v) is 7.82. The molecule has 3 aromatic rings. The Morgan fingerprint density at radius 1 is 0.880 bits per heavy atom. The highest BCUT2D eigenvalue weighted by atomic mass is 16.1. The fraction of sp³-hybridized carbons (Fsp3) is 0.0952. The summed E-state index contributed by atoms with van der Waals surface area (Å²) in [6, 6.07) is 22.4. The van der Waals surface area contributed by atoms with Gasteiger partial charge in [-0.1, -0.05) is 42.0 Å². The number of hydrogen-bond acceptors (Lipinski definition) is 3. The van der Waals surface area contributed by atoms with E-state index >= 15 is 0 Å². The van der Waals surface area contributed by atoms with Crippen LogP contribution in [0.25, 0.3) is 11.3 Å². The lowest BCUT2D eigenvalue weighted by Crippen LogP contribution is -2.24. The molecule has 0 saturated carbocycles. The van der Waals surface area contributed by atoms with Gasteiger partial charge in [-0.3, -0.25) is 4.79 Å². The van der Waals surface area contributed by atoms with E-state index < -0.39 is 0 Å². The second-order valence-electron chi connectivity index (χ2n) is 5.81. The quantitative estimate of drug-likeness (QED) is 0.738. The van der Waals surface area contributed by atoms with Crippen LogP contribution in [0.2, 0.25) is 0 Å². The van der Waals surface area contributed by atoms with Gasteiger partial charge in [0.2, 0.25) is 0 Å². The third kappa shape index (κ3) is 3.34. The fourth-order valence-electron chi connectivity index (χ4n) is 2.66. The Morgan fingerprint density at radius 2 is 1.56 bits per heavy atom. The Balaban J connectivity index is 2.12. The minimum atomic E-state index is -0.315. The summed E-state index contributed by atoms with van der Waals surface area (Å²) >= 11 is 0. The molecule has 0 bridgehead atoms. The van der Waals surface area contributed by atoms with Gasteiger partial charge in [0, 0.05) is 0 Å². The fourth-order valence-corrected chi connectivity index (χ4v) is 2.66. The summed E-state index contributed by atoms with van der Waals surface area (Å²) in [5.41, 5.74) is 4.08. The van der Waals surface area contributed by atoms with Gasteiger partial charge in [0.25, 0.3) is 5.56 Å². The predicted octanol–water partition coefficient (Wildman–Crippen LogP) is 3.62. The van der Waals surface area contributed by atoms with Gasteiger partial charge in [0.1, 0.15) is 11.6 Å². The lowest BCUT2D eigenvalue weighted by molar-refractivity contribution is 0.765. The molecule has 0 fully saturated rings. The van der Waals surface area contributed by atoms with Crippen molar-refractivity contribution in [3.63, 3.8) is 0 Å². The predicted molar refractivity (Wildman–Crippen MR) is 95.8 cm³/mol. The van der Waals surface area contributed by atoms with E-state index in [1.165, 1.54) is 0 Å². The normalized spacial score (nSPS) is 10.0. The highest BCUT2D eigenvalue weighted by Crippen LogP contribution is 2.20. The third-order valence-electron chi connectivity index (χ3n) is 4.07. The molecule has 0 saturated heterocycles. The maximum atomic E-state index is 12.7. The molecular weight excluding hydrogens is 310 g/mol. The van der Waals surface area contributed by atoms with E-state index in [1.807, 2.05) is 49.4 Å². The van der Waals surface area contributed by atoms with Crippen LogP contribution in [0.4, 0.5) is 0 Å². The van der Waals surface area contributed by atoms with Crippen LogP contribution in [-0.2, 0) is 6.54 Å². The van der Waals surface area contributed by atoms with Crippen LogP contribution in [-0.4, -0.2) is 4.57 Å². The molecule has 0 spiro atoms. The summed E-state index contributed by atoms with van der Waals surface area (Å²) in [6.45, 7) is 2.34. The number of pyridine rings is 1. The summed E-state index contributed by atoms with van der Waals surface area (Å²) in [6.07, 6.45) is 0. The van der Waals surface area contributed by atoms with Crippen LogP contribution < -0.4 is 5.56 Å². The van der Waals surface area contributed by atoms with Crippen molar-refractivity contribution < 1.29 is 0 Å². The number of rotatable bonds is 3. The Labute approximate surface area is 145 Å². The van der Waals surface area contributed by atoms with Crippen LogP contribution in [0, 0.1) is 29.6 Å². The molecule has 25 heavy (non-hydrogen) atoms. The molecule has 4 nitrogen and oxygen atoms in total. The average molecular weight is 325 g/mol. The van der Waals surface area contributed by atoms with E-state index in [1.54, 1.807) is 28.8 Å². The molecule has 3 rings (SSSR count). The maximum Gasteiger partial charge on any atom is 0.269 e. The van der Waals surface area contributed by atoms with Gasteiger partial charge in [-0.05, 0) is 42.3 Å². The van der Waals surface area contributed by atoms with Gasteiger partial charge in [-0.2, -0.15) is 10.5 Å². The van der Waals surface area contributed by atoms with Gasteiger partial charge >= 0.3 is 0 Å². The highest BCUT2D eigenvalue weighted by molar-refractivity contribution is 5.61. The standard InChI is InChI=1S/C21H15N3O/c1-15-2-8-18(9-3-15)20-11-10-19(13-23)21(25)24(20)14-17-6-4-16(12-22)5-7-17/h2-11H,14H2,1H3. The zero-order valence-corrected chi connectivity index (χ0v) is 13.7. The van der Waals surface area contributed by atoms with E-state index in [4.69, 9.17) is 5.26 Å². The molecule has 4 heteroatoms. The van der Waals surface area contributed by atoms with Crippen molar-refractivity contribution in [3.8, 4) is 23.4 Å². The van der Waals surface area contributed by atoms with Gasteiger partial charge in [-0.25, -0.2) is 0 Å². The van der Waals surface area contributed by atoms with Crippen molar-refractivity contribution in [1.29, 1.82) is 10.5 Å². The zero-order valence-electron chi connectivity index (χ0n) is 13.7. The van der Waals surface area contributed by atoms with Gasteiger partial charge in [-0.15, -0.1) is 0 Å². The lowest BCUT2D eigenvalue weighted by Gasteiger charge is -2.14. The number of nitrogens with zero attached hydrogens (tertiary/aromatic N) is 3. The molecular formula is C21H15N3O. The lowest BCUT2D eigenvalue weighted by atomic mass is 10.1. The monoisotopic (exact) mass is 325 g/mol. The Kier molecular flexibility index (Phi) is 4.46. The first kappa shape index (κ1) is 16.2. The molecule has 0 unspecified atom stereocenters. The summed E-state index contributed by atoms with van der Waals surface area (Å²) in [4.78, 5) is 12.7. The number of aryl methyl sites for hydroxylation is 1. The van der Waals surface area contributed by atoms with Crippen molar-refractivity contribution >= 4 is 0 Å². The first-order valence-electron chi connectivity index (χ1n) is 7.82. The minimum Gasteiger partial charge on any atom is -0.303 e. The maximum absolute atomic E-state index is 12.7. The SMILES string of the molecule is Cc1ccc(-c2ccc(C#N)c(=O)n2Cc2ccc(C#N)cc2)cc1. The number of aromatic nitrogens is 1. The number of nitriles is 2. The van der Waals surface area contributed by atoms with Crippen LogP contribution in [0.3, 0.4) is 0 Å². The van der Waals surface area contributed by atoms with E-state index in [2.05, 4.69) is 6.07 Å². The topological polar surface area (TPSA) is 69.6 Å². The second-order valence-corrected chi connectivity index (χ2v) is 5.81. The smallest absolute Gasteiger partial charge is 0.269 e. The largest absolute Gasteiger partial charge is 0.303 e. The molecule has 0 aliphatic carbocycles. The van der Waals surface area contributed by atoms with E-state index in [9.17, 15) is 10.1 Å². The Bertz CT molecular complexity index is 1050. The molecule has 0 atom stereocenters. The molecule has 0 aliphatic heterocycles. The van der Waals surface area contributed by atoms with Crippen LogP contribution in [0.15, 0.2) is 65.5 Å². The molecule has 1 heterocycles. The Hall–Kier alpha value is -3.63. The van der Waals surface area contributed by atoms with Crippen LogP contribution in [0.1, 0.15) is 22.3 Å². The molecule has 0 radical (unpaired) electrons. The summed E-state index contributed by atoms with van der Waals surface area (Å²) in [5.74, 6) is 0. The summed E-state index contributed by atoms with van der Waals surface area (Å²) in [5, 5.41) is 18.1. The van der Waals surface area contributed by atoms with Gasteiger partial charge < -0.3 is 4.57 Å². The average Bonchev–Trinajstić information content (AvgIpc) is 2.65. The van der Waals surface area contributed by atoms with Crippen molar-refractivity contribution in [2.24, 2.45) is 0 Å². The summed E-state index contributed by atoms with van der Waals surface area (Å²) in [7, 11) is 0. The Morgan fingerprint density at radius 3 is 2.16 bits per heavy atom. The minimum absolute atomic E-state index is 0.115. The summed E-state index contributed by atoms with van der Waals surface area (Å²) < 4.78 is 1.60. The van der Waals surface area contributed by atoms with E-state index in [0.717, 1.165) is 22.4 Å². The molecule has 1 aromatic heterocycles. The number of benzene rings is 2. The van der Waals surface area contributed by atoms with E-state index in [0.29, 0.717) is 12.1 Å². The molecule has 0 amide bonds. The van der Waals surface area contributed by atoms with Crippen LogP contribution in [0.5, 0.6) is 0 Å². The molecule has 120 valence electrons. The second kappa shape index (κ2) is 6.86. The van der Waals surface area contributed by atoms with Crippen molar-refractivity contribution in [1.82, 2.24) is 4.57 Å². The van der Waals surface area contributed by atoms with Gasteiger partial charge in [0.05, 0.1) is 23.9 Å². The van der Waals surface area contributed by atoms with E-state index in [-0.39, 0.29) is 11.1 Å². The highest BCUT2D eigenvalue weighted by Gasteiger charge is 2.11. The van der Waals surface area contributed by atoms with Crippen molar-refractivity contribution in [3.05, 3.63) is 93.3 Å². The van der Waals surface area contributed by atoms with Gasteiger partial charge in [0.15, 0.2) is 0 Å². The molecule has 0 N–H and O–H groups in total. The molecule has 0 aliphatic rings. The third-order valence-corrected chi connectivity index (χ3v) is 4.07. The van der Waals surface area contributed by atoms with Crippen molar-refractivity contribution in [2.75, 3.05) is 0 Å². The van der Waals surface area contributed by atoms with Crippen LogP contribution >= 0.6 is 0 Å².